The quantitative estimate of drug-likeness (QED) is 0.853. The van der Waals surface area contributed by atoms with Crippen LogP contribution in [0.1, 0.15) is 11.6 Å². The Morgan fingerprint density at radius 3 is 2.70 bits per heavy atom. The molecule has 0 aliphatic carbocycles. The van der Waals surface area contributed by atoms with Crippen LogP contribution in [-0.2, 0) is 0 Å². The molecule has 6 heteroatoms. The summed E-state index contributed by atoms with van der Waals surface area (Å²) in [6, 6.07) is 2.70. The number of nitrogens with zero attached hydrogens (tertiary/aromatic N) is 2. The molecule has 3 rings (SSSR count). The summed E-state index contributed by atoms with van der Waals surface area (Å²) in [7, 11) is 2.07. The van der Waals surface area contributed by atoms with Gasteiger partial charge in [0.2, 0.25) is 0 Å². The normalized spacial score (nSPS) is 28.0. The third-order valence-electron chi connectivity index (χ3n) is 4.05. The number of ether oxygens (including phenoxy) is 1. The summed E-state index contributed by atoms with van der Waals surface area (Å²) in [6.45, 7) is 3.66. The van der Waals surface area contributed by atoms with Crippen LogP contribution in [0.3, 0.4) is 0 Å². The highest BCUT2D eigenvalue weighted by Crippen LogP contribution is 2.39. The van der Waals surface area contributed by atoms with Crippen LogP contribution >= 0.6 is 11.6 Å². The Hall–Kier alpha value is -0.880. The molecule has 2 heterocycles. The Morgan fingerprint density at radius 1 is 1.30 bits per heavy atom. The van der Waals surface area contributed by atoms with E-state index < -0.39 is 11.9 Å². The van der Waals surface area contributed by atoms with Gasteiger partial charge in [-0.2, -0.15) is 0 Å². The zero-order valence-electron chi connectivity index (χ0n) is 11.4. The van der Waals surface area contributed by atoms with Crippen LogP contribution in [-0.4, -0.2) is 60.8 Å². The van der Waals surface area contributed by atoms with Crippen molar-refractivity contribution in [2.45, 2.75) is 12.1 Å². The Labute approximate surface area is 122 Å². The zero-order valence-corrected chi connectivity index (χ0v) is 12.1. The van der Waals surface area contributed by atoms with Crippen LogP contribution in [0.25, 0.3) is 0 Å². The second-order valence-electron chi connectivity index (χ2n) is 5.47. The van der Waals surface area contributed by atoms with E-state index in [9.17, 15) is 9.50 Å². The van der Waals surface area contributed by atoms with Crippen molar-refractivity contribution in [3.8, 4) is 5.75 Å². The summed E-state index contributed by atoms with van der Waals surface area (Å²) in [5.41, 5.74) is 0.651. The third kappa shape index (κ3) is 2.51. The average molecular weight is 301 g/mol. The topological polar surface area (TPSA) is 35.9 Å². The third-order valence-corrected chi connectivity index (χ3v) is 4.27. The maximum Gasteiger partial charge on any atom is 0.166 e. The molecule has 0 saturated carbocycles. The molecule has 1 fully saturated rings. The van der Waals surface area contributed by atoms with E-state index in [0.29, 0.717) is 10.6 Å². The highest BCUT2D eigenvalue weighted by molar-refractivity contribution is 6.30. The molecule has 2 unspecified atom stereocenters. The van der Waals surface area contributed by atoms with Gasteiger partial charge in [0.15, 0.2) is 11.6 Å². The van der Waals surface area contributed by atoms with E-state index in [0.717, 1.165) is 26.2 Å². The minimum absolute atomic E-state index is 0.114. The van der Waals surface area contributed by atoms with Crippen molar-refractivity contribution >= 4 is 11.6 Å². The van der Waals surface area contributed by atoms with Gasteiger partial charge in [0, 0.05) is 36.8 Å². The maximum absolute atomic E-state index is 13.9. The second kappa shape index (κ2) is 5.48. The first kappa shape index (κ1) is 14.1. The number of rotatable bonds is 1. The summed E-state index contributed by atoms with van der Waals surface area (Å²) in [6.07, 6.45) is -0.663. The van der Waals surface area contributed by atoms with Crippen molar-refractivity contribution in [3.05, 3.63) is 28.5 Å². The number of benzene rings is 1. The first-order valence-electron chi connectivity index (χ1n) is 6.78. The van der Waals surface area contributed by atoms with E-state index in [1.54, 1.807) is 6.07 Å². The predicted octanol–water partition coefficient (Wildman–Crippen LogP) is 1.52. The van der Waals surface area contributed by atoms with Gasteiger partial charge in [-0.1, -0.05) is 11.6 Å². The van der Waals surface area contributed by atoms with Crippen LogP contribution in [0.5, 0.6) is 5.75 Å². The molecule has 1 saturated heterocycles. The van der Waals surface area contributed by atoms with Crippen molar-refractivity contribution in [2.75, 3.05) is 39.8 Å². The van der Waals surface area contributed by atoms with Crippen LogP contribution in [0.4, 0.5) is 4.39 Å². The van der Waals surface area contributed by atoms with Gasteiger partial charge in [-0.05, 0) is 19.2 Å². The van der Waals surface area contributed by atoms with Crippen LogP contribution in [0, 0.1) is 5.82 Å². The molecule has 1 N–H and O–H groups in total. The Kier molecular flexibility index (Phi) is 3.86. The molecule has 0 amide bonds. The van der Waals surface area contributed by atoms with Gasteiger partial charge in [-0.15, -0.1) is 0 Å². The minimum Gasteiger partial charge on any atom is -0.487 e. The lowest BCUT2D eigenvalue weighted by molar-refractivity contribution is -0.0165. The lowest BCUT2D eigenvalue weighted by atomic mass is 9.95. The maximum atomic E-state index is 13.9. The number of aliphatic hydroxyl groups excluding tert-OH is 1. The van der Waals surface area contributed by atoms with Crippen molar-refractivity contribution in [3.63, 3.8) is 0 Å². The molecule has 4 nitrogen and oxygen atoms in total. The lowest BCUT2D eigenvalue weighted by Crippen LogP contribution is -2.50. The molecule has 2 atom stereocenters. The van der Waals surface area contributed by atoms with E-state index >= 15 is 0 Å². The minimum atomic E-state index is -0.663. The largest absolute Gasteiger partial charge is 0.487 e. The van der Waals surface area contributed by atoms with Gasteiger partial charge >= 0.3 is 0 Å². The summed E-state index contributed by atoms with van der Waals surface area (Å²) < 4.78 is 19.3. The number of piperazine rings is 1. The average Bonchev–Trinajstić information content (AvgIpc) is 2.40. The molecule has 1 aromatic carbocycles. The van der Waals surface area contributed by atoms with Crippen molar-refractivity contribution in [1.29, 1.82) is 0 Å². The molecule has 0 aromatic heterocycles. The number of hydrogen-bond acceptors (Lipinski definition) is 4. The molecule has 1 aromatic rings. The molecule has 110 valence electrons. The fourth-order valence-electron chi connectivity index (χ4n) is 2.96. The van der Waals surface area contributed by atoms with E-state index in [1.807, 2.05) is 0 Å². The van der Waals surface area contributed by atoms with Crippen LogP contribution in [0.2, 0.25) is 5.02 Å². The van der Waals surface area contributed by atoms with Crippen LogP contribution in [0.15, 0.2) is 12.1 Å². The second-order valence-corrected chi connectivity index (χ2v) is 5.90. The van der Waals surface area contributed by atoms with E-state index in [4.69, 9.17) is 16.3 Å². The smallest absolute Gasteiger partial charge is 0.166 e. The van der Waals surface area contributed by atoms with Gasteiger partial charge < -0.3 is 14.7 Å². The van der Waals surface area contributed by atoms with E-state index in [1.165, 1.54) is 6.07 Å². The molecule has 2 aliphatic rings. The first-order chi connectivity index (χ1) is 9.56. The molecule has 2 aliphatic heterocycles. The van der Waals surface area contributed by atoms with Gasteiger partial charge in [-0.25, -0.2) is 4.39 Å². The molecule has 20 heavy (non-hydrogen) atoms. The highest BCUT2D eigenvalue weighted by Gasteiger charge is 2.36. The standard InChI is InChI=1S/C14H18ClFN2O2/c1-17-2-4-18(5-3-17)13-10-6-9(15)7-11(16)14(10)20-8-12(13)19/h6-7,12-13,19H,2-5,8H2,1H3. The summed E-state index contributed by atoms with van der Waals surface area (Å²) in [4.78, 5) is 4.42. The Morgan fingerprint density at radius 2 is 2.00 bits per heavy atom. The molecular weight excluding hydrogens is 283 g/mol. The highest BCUT2D eigenvalue weighted by atomic mass is 35.5. The van der Waals surface area contributed by atoms with Crippen molar-refractivity contribution < 1.29 is 14.2 Å². The molecular formula is C14H18ClFN2O2. The number of hydrogen-bond donors (Lipinski definition) is 1. The fourth-order valence-corrected chi connectivity index (χ4v) is 3.17. The monoisotopic (exact) mass is 300 g/mol. The van der Waals surface area contributed by atoms with Gasteiger partial charge in [0.1, 0.15) is 12.7 Å². The summed E-state index contributed by atoms with van der Waals surface area (Å²) in [5.74, 6) is -0.234. The van der Waals surface area contributed by atoms with Gasteiger partial charge in [0.25, 0.3) is 0 Å². The summed E-state index contributed by atoms with van der Waals surface area (Å²) >= 11 is 5.95. The Balaban J connectivity index is 1.95. The van der Waals surface area contributed by atoms with Crippen LogP contribution < -0.4 is 4.74 Å². The van der Waals surface area contributed by atoms with Crippen molar-refractivity contribution in [2.24, 2.45) is 0 Å². The van der Waals surface area contributed by atoms with Gasteiger partial charge in [-0.3, -0.25) is 4.90 Å². The molecule has 0 spiro atoms. The predicted molar refractivity (Wildman–Crippen MR) is 74.7 cm³/mol. The number of halogens is 2. The zero-order chi connectivity index (χ0) is 14.3. The molecule has 0 bridgehead atoms. The first-order valence-corrected chi connectivity index (χ1v) is 7.16. The number of likely N-dealkylation sites (N-methyl/N-ethyl adjacent to an activating group) is 1. The SMILES string of the molecule is CN1CCN(C2c3cc(Cl)cc(F)c3OCC2O)CC1. The van der Waals surface area contributed by atoms with Gasteiger partial charge in [0.05, 0.1) is 6.04 Å². The lowest BCUT2D eigenvalue weighted by Gasteiger charge is -2.42. The number of fused-ring (bicyclic) bond motifs is 1. The Bertz CT molecular complexity index is 506. The summed E-state index contributed by atoms with van der Waals surface area (Å²) in [5, 5.41) is 10.6. The van der Waals surface area contributed by atoms with E-state index in [-0.39, 0.29) is 18.4 Å². The number of aliphatic hydroxyl groups is 1. The van der Waals surface area contributed by atoms with E-state index in [2.05, 4.69) is 16.8 Å². The van der Waals surface area contributed by atoms with Crippen molar-refractivity contribution in [1.82, 2.24) is 9.80 Å². The fraction of sp³-hybridized carbons (Fsp3) is 0.571. The molecule has 0 radical (unpaired) electrons.